The lowest BCUT2D eigenvalue weighted by Gasteiger charge is -2.35. The number of piperazine rings is 1. The molecule has 0 radical (unpaired) electrons. The number of rotatable bonds is 4. The molecule has 0 bridgehead atoms. The first kappa shape index (κ1) is 19.3. The maximum atomic E-state index is 12.5. The van der Waals surface area contributed by atoms with E-state index in [1.54, 1.807) is 23.5 Å². The van der Waals surface area contributed by atoms with Gasteiger partial charge in [-0.1, -0.05) is 30.0 Å². The minimum atomic E-state index is -1.27. The fourth-order valence-electron chi connectivity index (χ4n) is 3.81. The number of anilines is 2. The monoisotopic (exact) mass is 433 g/mol. The molecule has 0 unspecified atom stereocenters. The van der Waals surface area contributed by atoms with E-state index >= 15 is 0 Å². The van der Waals surface area contributed by atoms with Crippen LogP contribution in [0.15, 0.2) is 54.0 Å². The van der Waals surface area contributed by atoms with Crippen LogP contribution in [0.4, 0.5) is 10.9 Å². The molecule has 9 heteroatoms. The summed E-state index contributed by atoms with van der Waals surface area (Å²) >= 11 is 1.70. The number of thiazole rings is 1. The summed E-state index contributed by atoms with van der Waals surface area (Å²) in [5, 5.41) is 10.6. The Morgan fingerprint density at radius 1 is 1.06 bits per heavy atom. The maximum Gasteiger partial charge on any atom is 0.341 e. The lowest BCUT2D eigenvalue weighted by atomic mass is 10.2. The summed E-state index contributed by atoms with van der Waals surface area (Å²) in [5.74, 6) is -0.521. The molecule has 0 spiro atoms. The molecule has 3 aromatic heterocycles. The minimum Gasteiger partial charge on any atom is -0.477 e. The van der Waals surface area contributed by atoms with E-state index in [0.717, 1.165) is 42.6 Å². The van der Waals surface area contributed by atoms with Crippen molar-refractivity contribution in [1.29, 1.82) is 0 Å². The molecule has 8 nitrogen and oxygen atoms in total. The van der Waals surface area contributed by atoms with E-state index in [4.69, 9.17) is 4.98 Å². The molecule has 4 aromatic rings. The van der Waals surface area contributed by atoms with Crippen LogP contribution in [0.2, 0.25) is 0 Å². The number of hydrogen-bond acceptors (Lipinski definition) is 7. The first-order chi connectivity index (χ1) is 15.0. The Hall–Kier alpha value is -3.72. The van der Waals surface area contributed by atoms with Gasteiger partial charge in [0.2, 0.25) is 5.43 Å². The van der Waals surface area contributed by atoms with Gasteiger partial charge >= 0.3 is 5.97 Å². The molecular weight excluding hydrogens is 414 g/mol. The number of carboxylic acid groups (broad SMARTS) is 1. The topological polar surface area (TPSA) is 91.6 Å². The highest BCUT2D eigenvalue weighted by molar-refractivity contribution is 7.22. The number of carboxylic acids is 1. The SMILES string of the molecule is C=Cn1cc(C(=O)O)c(=O)c2ccc(N3CCN(c4nc5ccccc5s4)CC3)nc21. The van der Waals surface area contributed by atoms with Crippen LogP contribution >= 0.6 is 11.3 Å². The highest BCUT2D eigenvalue weighted by Crippen LogP contribution is 2.29. The number of hydrogen-bond donors (Lipinski definition) is 1. The molecule has 156 valence electrons. The second-order valence-corrected chi connectivity index (χ2v) is 8.25. The Morgan fingerprint density at radius 2 is 1.81 bits per heavy atom. The second-order valence-electron chi connectivity index (χ2n) is 7.25. The van der Waals surface area contributed by atoms with Gasteiger partial charge in [-0.15, -0.1) is 0 Å². The highest BCUT2D eigenvalue weighted by Gasteiger charge is 2.22. The van der Waals surface area contributed by atoms with Crippen LogP contribution in [-0.2, 0) is 0 Å². The van der Waals surface area contributed by atoms with E-state index in [0.29, 0.717) is 5.65 Å². The molecular formula is C22H19N5O3S. The fourth-order valence-corrected chi connectivity index (χ4v) is 4.82. The predicted octanol–water partition coefficient (Wildman–Crippen LogP) is 3.13. The van der Waals surface area contributed by atoms with Gasteiger partial charge in [-0.25, -0.2) is 14.8 Å². The number of benzene rings is 1. The number of aromatic carboxylic acids is 1. The molecule has 1 saturated heterocycles. The van der Waals surface area contributed by atoms with Crippen molar-refractivity contribution in [2.75, 3.05) is 36.0 Å². The van der Waals surface area contributed by atoms with Crippen molar-refractivity contribution in [3.8, 4) is 0 Å². The molecule has 0 aliphatic carbocycles. The number of nitrogens with zero attached hydrogens (tertiary/aromatic N) is 5. The van der Waals surface area contributed by atoms with Gasteiger partial charge in [0.25, 0.3) is 0 Å². The molecule has 0 saturated carbocycles. The van der Waals surface area contributed by atoms with Crippen LogP contribution in [0, 0.1) is 0 Å². The van der Waals surface area contributed by atoms with Gasteiger partial charge in [0, 0.05) is 38.6 Å². The van der Waals surface area contributed by atoms with Gasteiger partial charge in [-0.05, 0) is 24.3 Å². The Balaban J connectivity index is 1.41. The van der Waals surface area contributed by atoms with E-state index < -0.39 is 11.4 Å². The second kappa shape index (κ2) is 7.51. The smallest absolute Gasteiger partial charge is 0.341 e. The Bertz CT molecular complexity index is 1350. The highest BCUT2D eigenvalue weighted by atomic mass is 32.1. The van der Waals surface area contributed by atoms with Crippen LogP contribution in [0.5, 0.6) is 0 Å². The van der Waals surface area contributed by atoms with Crippen LogP contribution in [0.25, 0.3) is 27.4 Å². The van der Waals surface area contributed by atoms with Crippen molar-refractivity contribution in [3.63, 3.8) is 0 Å². The summed E-state index contributed by atoms with van der Waals surface area (Å²) < 4.78 is 2.67. The molecule has 1 aromatic carbocycles. The third kappa shape index (κ3) is 3.32. The first-order valence-corrected chi connectivity index (χ1v) is 10.6. The lowest BCUT2D eigenvalue weighted by Crippen LogP contribution is -2.46. The predicted molar refractivity (Wildman–Crippen MR) is 123 cm³/mol. The third-order valence-electron chi connectivity index (χ3n) is 5.45. The molecule has 31 heavy (non-hydrogen) atoms. The molecule has 1 N–H and O–H groups in total. The standard InChI is InChI=1S/C22H19N5O3S/c1-2-25-13-15(21(29)30)19(28)14-7-8-18(24-20(14)25)26-9-11-27(12-10-26)22-23-16-5-3-4-6-17(16)31-22/h2-8,13H,1,9-12H2,(H,29,30). The molecule has 1 aliphatic rings. The number of carbonyl (C=O) groups is 1. The van der Waals surface area contributed by atoms with Crippen molar-refractivity contribution in [1.82, 2.24) is 14.5 Å². The van der Waals surface area contributed by atoms with Crippen LogP contribution in [0.1, 0.15) is 10.4 Å². The van der Waals surface area contributed by atoms with Gasteiger partial charge in [0.15, 0.2) is 5.13 Å². The third-order valence-corrected chi connectivity index (χ3v) is 6.54. The maximum absolute atomic E-state index is 12.5. The number of pyridine rings is 2. The van der Waals surface area contributed by atoms with Crippen molar-refractivity contribution in [2.45, 2.75) is 0 Å². The van der Waals surface area contributed by atoms with Gasteiger partial charge in [0.1, 0.15) is 17.0 Å². The van der Waals surface area contributed by atoms with E-state index in [-0.39, 0.29) is 10.9 Å². The van der Waals surface area contributed by atoms with E-state index in [1.807, 2.05) is 18.2 Å². The number of para-hydroxylation sites is 1. The van der Waals surface area contributed by atoms with Crippen LogP contribution < -0.4 is 15.2 Å². The molecule has 0 amide bonds. The molecule has 5 rings (SSSR count). The zero-order valence-corrected chi connectivity index (χ0v) is 17.4. The van der Waals surface area contributed by atoms with E-state index in [9.17, 15) is 14.7 Å². The average molecular weight is 433 g/mol. The fraction of sp³-hybridized carbons (Fsp3) is 0.182. The van der Waals surface area contributed by atoms with Crippen molar-refractivity contribution in [3.05, 3.63) is 65.0 Å². The number of aromatic nitrogens is 3. The zero-order valence-electron chi connectivity index (χ0n) is 16.6. The Labute approximate surface area is 181 Å². The lowest BCUT2D eigenvalue weighted by molar-refractivity contribution is 0.0695. The van der Waals surface area contributed by atoms with Gasteiger partial charge < -0.3 is 19.5 Å². The van der Waals surface area contributed by atoms with Gasteiger partial charge in [-0.2, -0.15) is 0 Å². The largest absolute Gasteiger partial charge is 0.477 e. The average Bonchev–Trinajstić information content (AvgIpc) is 3.23. The zero-order chi connectivity index (χ0) is 21.5. The summed E-state index contributed by atoms with van der Waals surface area (Å²) in [6.07, 6.45) is 2.72. The van der Waals surface area contributed by atoms with Gasteiger partial charge in [-0.3, -0.25) is 4.79 Å². The summed E-state index contributed by atoms with van der Waals surface area (Å²) in [6, 6.07) is 11.6. The molecule has 0 atom stereocenters. The molecule has 1 fully saturated rings. The Morgan fingerprint density at radius 3 is 2.52 bits per heavy atom. The molecule has 1 aliphatic heterocycles. The van der Waals surface area contributed by atoms with Crippen molar-refractivity contribution in [2.24, 2.45) is 0 Å². The minimum absolute atomic E-state index is 0.261. The summed E-state index contributed by atoms with van der Waals surface area (Å²) in [6.45, 7) is 6.87. The van der Waals surface area contributed by atoms with E-state index in [1.165, 1.54) is 21.7 Å². The first-order valence-electron chi connectivity index (χ1n) is 9.82. The summed E-state index contributed by atoms with van der Waals surface area (Å²) in [7, 11) is 0. The van der Waals surface area contributed by atoms with Crippen molar-refractivity contribution >= 4 is 55.7 Å². The van der Waals surface area contributed by atoms with E-state index in [2.05, 4.69) is 27.4 Å². The quantitative estimate of drug-likeness (QED) is 0.529. The van der Waals surface area contributed by atoms with Crippen LogP contribution in [-0.4, -0.2) is 51.8 Å². The normalized spacial score (nSPS) is 14.3. The Kier molecular flexibility index (Phi) is 4.67. The number of fused-ring (bicyclic) bond motifs is 2. The summed E-state index contributed by atoms with van der Waals surface area (Å²) in [4.78, 5) is 37.7. The molecule has 4 heterocycles. The summed E-state index contributed by atoms with van der Waals surface area (Å²) in [5.41, 5.74) is 0.576. The van der Waals surface area contributed by atoms with Gasteiger partial charge in [0.05, 0.1) is 15.6 Å². The van der Waals surface area contributed by atoms with Crippen LogP contribution in [0.3, 0.4) is 0 Å². The van der Waals surface area contributed by atoms with Crippen molar-refractivity contribution < 1.29 is 9.90 Å².